The van der Waals surface area contributed by atoms with Crippen LogP contribution < -0.4 is 19.0 Å². The maximum absolute atomic E-state index is 8.75. The van der Waals surface area contributed by atoms with Crippen LogP contribution in [-0.4, -0.2) is 45.7 Å². The first-order chi connectivity index (χ1) is 7.99. The summed E-state index contributed by atoms with van der Waals surface area (Å²) in [5, 5.41) is 17.5. The topological polar surface area (TPSA) is 71.4 Å². The van der Waals surface area contributed by atoms with E-state index in [0.29, 0.717) is 11.5 Å². The molecule has 0 aromatic heterocycles. The minimum absolute atomic E-state index is 0.249. The van der Waals surface area contributed by atoms with Gasteiger partial charge in [0.2, 0.25) is 0 Å². The van der Waals surface area contributed by atoms with Gasteiger partial charge in [-0.2, -0.15) is 0 Å². The molecule has 0 aliphatic rings. The molecule has 0 aliphatic carbocycles. The van der Waals surface area contributed by atoms with Gasteiger partial charge in [0.1, 0.15) is 22.9 Å². The van der Waals surface area contributed by atoms with Gasteiger partial charge in [0.15, 0.2) is 0 Å². The van der Waals surface area contributed by atoms with Crippen molar-refractivity contribution in [3.63, 3.8) is 0 Å². The minimum Gasteiger partial charge on any atom is -0.512 e. The second-order valence-electron chi connectivity index (χ2n) is 3.51. The van der Waals surface area contributed by atoms with E-state index >= 15 is 0 Å². The van der Waals surface area contributed by atoms with Gasteiger partial charge in [-0.15, -0.1) is 0 Å². The summed E-state index contributed by atoms with van der Waals surface area (Å²) in [7, 11) is 4.85. The predicted octanol–water partition coefficient (Wildman–Crippen LogP) is 0.118. The molecule has 94 valence electrons. The SMILES string of the molecule is COc1cc(OB(O)O)cc(OC)c1N(C)C. The summed E-state index contributed by atoms with van der Waals surface area (Å²) in [5.74, 6) is 1.29. The molecule has 0 atom stereocenters. The lowest BCUT2D eigenvalue weighted by Gasteiger charge is -2.21. The van der Waals surface area contributed by atoms with Crippen molar-refractivity contribution in [1.29, 1.82) is 0 Å². The normalized spacial score (nSPS) is 9.76. The molecule has 0 amide bonds. The molecule has 1 aromatic carbocycles. The number of hydrogen-bond donors (Lipinski definition) is 2. The van der Waals surface area contributed by atoms with Crippen molar-refractivity contribution < 1.29 is 24.2 Å². The summed E-state index contributed by atoms with van der Waals surface area (Å²) in [5.41, 5.74) is 0.745. The van der Waals surface area contributed by atoms with Crippen LogP contribution in [0.3, 0.4) is 0 Å². The maximum atomic E-state index is 8.75. The number of methoxy groups -OCH3 is 2. The zero-order chi connectivity index (χ0) is 13.0. The van der Waals surface area contributed by atoms with Gasteiger partial charge in [-0.25, -0.2) is 0 Å². The van der Waals surface area contributed by atoms with Gasteiger partial charge in [0.05, 0.1) is 14.2 Å². The number of benzene rings is 1. The lowest BCUT2D eigenvalue weighted by Crippen LogP contribution is -2.21. The van der Waals surface area contributed by atoms with Gasteiger partial charge >= 0.3 is 7.32 Å². The summed E-state index contributed by atoms with van der Waals surface area (Å²) in [6, 6.07) is 3.11. The monoisotopic (exact) mass is 241 g/mol. The fraction of sp³-hybridized carbons (Fsp3) is 0.400. The maximum Gasteiger partial charge on any atom is 0.707 e. The van der Waals surface area contributed by atoms with E-state index in [0.717, 1.165) is 5.69 Å². The van der Waals surface area contributed by atoms with Crippen LogP contribution in [0.25, 0.3) is 0 Å². The Kier molecular flexibility index (Phi) is 4.48. The van der Waals surface area contributed by atoms with Gasteiger partial charge in [0, 0.05) is 26.2 Å². The average Bonchev–Trinajstić information content (AvgIpc) is 2.26. The second kappa shape index (κ2) is 5.65. The van der Waals surface area contributed by atoms with E-state index in [2.05, 4.69) is 0 Å². The highest BCUT2D eigenvalue weighted by Gasteiger charge is 2.18. The number of anilines is 1. The lowest BCUT2D eigenvalue weighted by molar-refractivity contribution is 0.286. The summed E-state index contributed by atoms with van der Waals surface area (Å²) in [6.07, 6.45) is 0. The molecule has 0 radical (unpaired) electrons. The van der Waals surface area contributed by atoms with Crippen molar-refractivity contribution in [2.75, 3.05) is 33.2 Å². The van der Waals surface area contributed by atoms with E-state index in [1.54, 1.807) is 12.1 Å². The van der Waals surface area contributed by atoms with Gasteiger partial charge in [-0.1, -0.05) is 0 Å². The Morgan fingerprint density at radius 1 is 1.06 bits per heavy atom. The van der Waals surface area contributed by atoms with E-state index in [1.807, 2.05) is 19.0 Å². The fourth-order valence-corrected chi connectivity index (χ4v) is 1.50. The molecule has 0 heterocycles. The van der Waals surface area contributed by atoms with Gasteiger partial charge in [-0.3, -0.25) is 0 Å². The van der Waals surface area contributed by atoms with Crippen LogP contribution in [0.4, 0.5) is 5.69 Å². The van der Waals surface area contributed by atoms with Crippen LogP contribution in [0.15, 0.2) is 12.1 Å². The van der Waals surface area contributed by atoms with Crippen LogP contribution >= 0.6 is 0 Å². The van der Waals surface area contributed by atoms with Crippen LogP contribution in [0.2, 0.25) is 0 Å². The molecular weight excluding hydrogens is 225 g/mol. The standard InChI is InChI=1S/C10H16BNO5/c1-12(2)10-8(15-3)5-7(17-11(13)14)6-9(10)16-4/h5-6,13-14H,1-4H3. The minimum atomic E-state index is -1.88. The third-order valence-electron chi connectivity index (χ3n) is 2.14. The van der Waals surface area contributed by atoms with Crippen molar-refractivity contribution in [2.24, 2.45) is 0 Å². The van der Waals surface area contributed by atoms with Crippen molar-refractivity contribution in [3.05, 3.63) is 12.1 Å². The molecule has 17 heavy (non-hydrogen) atoms. The molecule has 0 saturated heterocycles. The van der Waals surface area contributed by atoms with E-state index in [-0.39, 0.29) is 5.75 Å². The zero-order valence-corrected chi connectivity index (χ0v) is 10.3. The lowest BCUT2D eigenvalue weighted by atomic mass is 10.2. The molecule has 1 aromatic rings. The van der Waals surface area contributed by atoms with Crippen molar-refractivity contribution in [3.8, 4) is 17.2 Å². The van der Waals surface area contributed by atoms with Crippen LogP contribution in [0.5, 0.6) is 17.2 Å². The Balaban J connectivity index is 3.23. The van der Waals surface area contributed by atoms with Crippen LogP contribution in [-0.2, 0) is 0 Å². The van der Waals surface area contributed by atoms with E-state index < -0.39 is 7.32 Å². The Hall–Kier alpha value is -1.60. The van der Waals surface area contributed by atoms with Crippen molar-refractivity contribution in [1.82, 2.24) is 0 Å². The van der Waals surface area contributed by atoms with Crippen molar-refractivity contribution in [2.45, 2.75) is 0 Å². The smallest absolute Gasteiger partial charge is 0.512 e. The molecule has 0 aliphatic heterocycles. The molecule has 0 unspecified atom stereocenters. The molecule has 0 fully saturated rings. The first-order valence-corrected chi connectivity index (χ1v) is 4.95. The Morgan fingerprint density at radius 2 is 1.53 bits per heavy atom. The van der Waals surface area contributed by atoms with Crippen LogP contribution in [0.1, 0.15) is 0 Å². The summed E-state index contributed by atoms with van der Waals surface area (Å²) in [4.78, 5) is 1.83. The first-order valence-electron chi connectivity index (χ1n) is 4.95. The summed E-state index contributed by atoms with van der Waals surface area (Å²) >= 11 is 0. The number of nitrogens with zero attached hydrogens (tertiary/aromatic N) is 1. The third-order valence-corrected chi connectivity index (χ3v) is 2.14. The molecule has 1 rings (SSSR count). The molecule has 7 heteroatoms. The molecule has 2 N–H and O–H groups in total. The zero-order valence-electron chi connectivity index (χ0n) is 10.3. The molecule has 0 saturated carbocycles. The highest BCUT2D eigenvalue weighted by molar-refractivity contribution is 6.33. The van der Waals surface area contributed by atoms with Crippen molar-refractivity contribution >= 4 is 13.0 Å². The van der Waals surface area contributed by atoms with E-state index in [1.165, 1.54) is 14.2 Å². The molecule has 0 bridgehead atoms. The Morgan fingerprint density at radius 3 is 1.82 bits per heavy atom. The molecular formula is C10H16BNO5. The number of hydrogen-bond acceptors (Lipinski definition) is 6. The van der Waals surface area contributed by atoms with Gasteiger partial charge in [-0.05, 0) is 0 Å². The third kappa shape index (κ3) is 3.18. The van der Waals surface area contributed by atoms with E-state index in [4.69, 9.17) is 24.2 Å². The van der Waals surface area contributed by atoms with E-state index in [9.17, 15) is 0 Å². The first kappa shape index (κ1) is 13.5. The average molecular weight is 241 g/mol. The largest absolute Gasteiger partial charge is 0.707 e. The van der Waals surface area contributed by atoms with Crippen LogP contribution in [0, 0.1) is 0 Å². The Bertz CT molecular complexity index is 358. The second-order valence-corrected chi connectivity index (χ2v) is 3.51. The quantitative estimate of drug-likeness (QED) is 0.713. The summed E-state index contributed by atoms with van der Waals surface area (Å²) < 4.78 is 15.2. The molecule has 6 nitrogen and oxygen atoms in total. The highest BCUT2D eigenvalue weighted by atomic mass is 16.6. The fourth-order valence-electron chi connectivity index (χ4n) is 1.50. The van der Waals surface area contributed by atoms with Gasteiger partial charge < -0.3 is 29.1 Å². The summed E-state index contributed by atoms with van der Waals surface area (Å²) in [6.45, 7) is 0. The number of ether oxygens (including phenoxy) is 2. The Labute approximate surface area is 101 Å². The predicted molar refractivity (Wildman–Crippen MR) is 64.7 cm³/mol. The number of rotatable bonds is 5. The molecule has 0 spiro atoms. The highest BCUT2D eigenvalue weighted by Crippen LogP contribution is 2.40. The van der Waals surface area contributed by atoms with Gasteiger partial charge in [0.25, 0.3) is 0 Å².